The number of anilines is 1. The topological polar surface area (TPSA) is 105 Å². The number of thiophene rings is 1. The Kier molecular flexibility index (Phi) is 6.57. The number of carbonyl (C=O) groups is 1. The number of hydrogen-bond donors (Lipinski definition) is 1. The van der Waals surface area contributed by atoms with Crippen molar-refractivity contribution in [3.8, 4) is 10.7 Å². The maximum absolute atomic E-state index is 12.9. The number of hydrogen-bond acceptors (Lipinski definition) is 7. The van der Waals surface area contributed by atoms with Crippen LogP contribution in [-0.4, -0.2) is 36.8 Å². The molecule has 30 heavy (non-hydrogen) atoms. The van der Waals surface area contributed by atoms with Crippen LogP contribution in [0.2, 0.25) is 0 Å². The van der Waals surface area contributed by atoms with Crippen LogP contribution in [0, 0.1) is 13.8 Å². The molecule has 3 rings (SSSR count). The van der Waals surface area contributed by atoms with Crippen molar-refractivity contribution in [3.05, 3.63) is 52.7 Å². The highest BCUT2D eigenvalue weighted by Crippen LogP contribution is 2.25. The first-order valence-electron chi connectivity index (χ1n) is 9.41. The van der Waals surface area contributed by atoms with Crippen LogP contribution in [0.15, 0.2) is 40.2 Å². The van der Waals surface area contributed by atoms with Gasteiger partial charge in [0, 0.05) is 0 Å². The number of nitrogens with one attached hydrogen (secondary N) is 1. The van der Waals surface area contributed by atoms with Crippen LogP contribution in [0.4, 0.5) is 5.69 Å². The minimum absolute atomic E-state index is 0.0121. The third kappa shape index (κ3) is 4.88. The van der Waals surface area contributed by atoms with Crippen molar-refractivity contribution in [2.75, 3.05) is 10.6 Å². The molecule has 0 unspecified atom stereocenters. The van der Waals surface area contributed by atoms with Crippen molar-refractivity contribution in [2.45, 2.75) is 39.8 Å². The Labute approximate surface area is 180 Å². The van der Waals surface area contributed by atoms with Crippen molar-refractivity contribution in [1.82, 2.24) is 15.5 Å². The standard InChI is InChI=1S/C20H24N4O4S2/c1-5-16(24(30(4,26)27)15-9-8-13(2)14(3)11-15)20(25)21-12-18-22-19(23-28-18)17-7-6-10-29-17/h6-11,16H,5,12H2,1-4H3,(H,21,25)/t16-/m0/s1. The number of aromatic nitrogens is 2. The fourth-order valence-corrected chi connectivity index (χ4v) is 4.89. The first kappa shape index (κ1) is 22.0. The van der Waals surface area contributed by atoms with Crippen molar-refractivity contribution in [1.29, 1.82) is 0 Å². The minimum Gasteiger partial charge on any atom is -0.345 e. The van der Waals surface area contributed by atoms with Gasteiger partial charge in [-0.2, -0.15) is 4.98 Å². The molecule has 3 aromatic rings. The maximum Gasteiger partial charge on any atom is 0.246 e. The summed E-state index contributed by atoms with van der Waals surface area (Å²) in [6, 6.07) is 8.19. The second-order valence-corrected chi connectivity index (χ2v) is 9.77. The number of rotatable bonds is 8. The first-order valence-corrected chi connectivity index (χ1v) is 12.1. The monoisotopic (exact) mass is 448 g/mol. The Morgan fingerprint density at radius 3 is 2.63 bits per heavy atom. The molecule has 2 heterocycles. The van der Waals surface area contributed by atoms with Crippen LogP contribution in [0.1, 0.15) is 30.4 Å². The summed E-state index contributed by atoms with van der Waals surface area (Å²) in [5, 5.41) is 8.54. The maximum atomic E-state index is 12.9. The summed E-state index contributed by atoms with van der Waals surface area (Å²) >= 11 is 1.48. The number of sulfonamides is 1. The second-order valence-electron chi connectivity index (χ2n) is 6.96. The number of benzene rings is 1. The van der Waals surface area contributed by atoms with Gasteiger partial charge in [-0.05, 0) is 55.0 Å². The zero-order valence-corrected chi connectivity index (χ0v) is 18.9. The first-order chi connectivity index (χ1) is 14.2. The summed E-state index contributed by atoms with van der Waals surface area (Å²) in [5.41, 5.74) is 2.45. The van der Waals surface area contributed by atoms with Crippen LogP contribution in [0.3, 0.4) is 0 Å². The van der Waals surface area contributed by atoms with E-state index in [1.165, 1.54) is 15.6 Å². The van der Waals surface area contributed by atoms with E-state index >= 15 is 0 Å². The van der Waals surface area contributed by atoms with Gasteiger partial charge in [-0.1, -0.05) is 24.2 Å². The van der Waals surface area contributed by atoms with Crippen LogP contribution in [-0.2, 0) is 21.4 Å². The molecule has 8 nitrogen and oxygen atoms in total. The average Bonchev–Trinajstić information content (AvgIpc) is 3.37. The van der Waals surface area contributed by atoms with Gasteiger partial charge in [-0.15, -0.1) is 11.3 Å². The van der Waals surface area contributed by atoms with E-state index < -0.39 is 22.0 Å². The lowest BCUT2D eigenvalue weighted by atomic mass is 10.1. The Morgan fingerprint density at radius 2 is 2.03 bits per heavy atom. The van der Waals surface area contributed by atoms with E-state index in [1.807, 2.05) is 37.4 Å². The zero-order valence-electron chi connectivity index (χ0n) is 17.2. The number of amides is 1. The predicted molar refractivity (Wildman–Crippen MR) is 117 cm³/mol. The molecule has 1 N–H and O–H groups in total. The highest BCUT2D eigenvalue weighted by molar-refractivity contribution is 7.92. The molecule has 0 aliphatic rings. The van der Waals surface area contributed by atoms with E-state index in [2.05, 4.69) is 15.5 Å². The predicted octanol–water partition coefficient (Wildman–Crippen LogP) is 3.28. The van der Waals surface area contributed by atoms with E-state index in [0.29, 0.717) is 17.9 Å². The quantitative estimate of drug-likeness (QED) is 0.567. The molecule has 0 fully saturated rings. The molecule has 0 saturated carbocycles. The summed E-state index contributed by atoms with van der Waals surface area (Å²) in [5.74, 6) is 0.268. The van der Waals surface area contributed by atoms with Crippen molar-refractivity contribution < 1.29 is 17.7 Å². The van der Waals surface area contributed by atoms with Gasteiger partial charge in [0.05, 0.1) is 23.4 Å². The number of nitrogens with zero attached hydrogens (tertiary/aromatic N) is 3. The number of carbonyl (C=O) groups excluding carboxylic acids is 1. The Hall–Kier alpha value is -2.72. The van der Waals surface area contributed by atoms with Crippen LogP contribution in [0.25, 0.3) is 10.7 Å². The molecule has 0 saturated heterocycles. The minimum atomic E-state index is -3.69. The Balaban J connectivity index is 1.78. The molecule has 0 radical (unpaired) electrons. The van der Waals surface area contributed by atoms with E-state index in [1.54, 1.807) is 19.1 Å². The van der Waals surface area contributed by atoms with Crippen LogP contribution in [0.5, 0.6) is 0 Å². The van der Waals surface area contributed by atoms with E-state index in [4.69, 9.17) is 4.52 Å². The van der Waals surface area contributed by atoms with Crippen molar-refractivity contribution in [2.24, 2.45) is 0 Å². The van der Waals surface area contributed by atoms with Gasteiger partial charge in [-0.3, -0.25) is 9.10 Å². The Morgan fingerprint density at radius 1 is 1.27 bits per heavy atom. The highest BCUT2D eigenvalue weighted by Gasteiger charge is 2.31. The molecule has 0 aliphatic carbocycles. The Bertz CT molecular complexity index is 1120. The lowest BCUT2D eigenvalue weighted by Crippen LogP contribution is -2.49. The van der Waals surface area contributed by atoms with Gasteiger partial charge in [0.15, 0.2) is 0 Å². The van der Waals surface area contributed by atoms with Crippen molar-refractivity contribution in [3.63, 3.8) is 0 Å². The smallest absolute Gasteiger partial charge is 0.246 e. The summed E-state index contributed by atoms with van der Waals surface area (Å²) < 4.78 is 31.5. The largest absolute Gasteiger partial charge is 0.345 e. The van der Waals surface area contributed by atoms with E-state index in [0.717, 1.165) is 22.3 Å². The summed E-state index contributed by atoms with van der Waals surface area (Å²) in [7, 11) is -3.69. The van der Waals surface area contributed by atoms with E-state index in [9.17, 15) is 13.2 Å². The summed E-state index contributed by atoms with van der Waals surface area (Å²) in [6.45, 7) is 5.63. The lowest BCUT2D eigenvalue weighted by Gasteiger charge is -2.30. The van der Waals surface area contributed by atoms with Gasteiger partial charge < -0.3 is 9.84 Å². The van der Waals surface area contributed by atoms with E-state index in [-0.39, 0.29) is 12.4 Å². The third-order valence-electron chi connectivity index (χ3n) is 4.70. The summed E-state index contributed by atoms with van der Waals surface area (Å²) in [6.07, 6.45) is 1.40. The van der Waals surface area contributed by atoms with Gasteiger partial charge in [-0.25, -0.2) is 8.42 Å². The molecule has 1 aromatic carbocycles. The molecule has 0 bridgehead atoms. The lowest BCUT2D eigenvalue weighted by molar-refractivity contribution is -0.122. The number of aryl methyl sites for hydroxylation is 2. The molecular formula is C20H24N4O4S2. The summed E-state index contributed by atoms with van der Waals surface area (Å²) in [4.78, 5) is 18.0. The molecule has 1 atom stereocenters. The SMILES string of the molecule is CC[C@@H](C(=O)NCc1nc(-c2cccs2)no1)N(c1ccc(C)c(C)c1)S(C)(=O)=O. The van der Waals surface area contributed by atoms with Gasteiger partial charge in [0.2, 0.25) is 27.6 Å². The van der Waals surface area contributed by atoms with Gasteiger partial charge in [0.25, 0.3) is 0 Å². The zero-order chi connectivity index (χ0) is 21.9. The van der Waals surface area contributed by atoms with Gasteiger partial charge >= 0.3 is 0 Å². The molecule has 2 aromatic heterocycles. The molecule has 10 heteroatoms. The fourth-order valence-electron chi connectivity index (χ4n) is 3.04. The van der Waals surface area contributed by atoms with Crippen LogP contribution < -0.4 is 9.62 Å². The third-order valence-corrected chi connectivity index (χ3v) is 6.74. The molecule has 0 aliphatic heterocycles. The van der Waals surface area contributed by atoms with Crippen LogP contribution >= 0.6 is 11.3 Å². The molecule has 160 valence electrons. The van der Waals surface area contributed by atoms with Gasteiger partial charge in [0.1, 0.15) is 6.04 Å². The second kappa shape index (κ2) is 8.97. The highest BCUT2D eigenvalue weighted by atomic mass is 32.2. The van der Waals surface area contributed by atoms with Crippen molar-refractivity contribution >= 4 is 33.0 Å². The fraction of sp³-hybridized carbons (Fsp3) is 0.350. The molecular weight excluding hydrogens is 424 g/mol. The molecule has 1 amide bonds. The average molecular weight is 449 g/mol. The normalized spacial score (nSPS) is 12.5. The molecule has 0 spiro atoms.